The van der Waals surface area contributed by atoms with E-state index in [0.717, 1.165) is 11.0 Å². The van der Waals surface area contributed by atoms with Gasteiger partial charge in [0.2, 0.25) is 0 Å². The molecule has 0 aliphatic heterocycles. The zero-order valence-electron chi connectivity index (χ0n) is 13.3. The van der Waals surface area contributed by atoms with Gasteiger partial charge in [0.05, 0.1) is 12.0 Å². The van der Waals surface area contributed by atoms with Crippen molar-refractivity contribution >= 4 is 22.8 Å². The number of imidazole rings is 1. The number of rotatable bonds is 5. The van der Waals surface area contributed by atoms with Gasteiger partial charge in [0.1, 0.15) is 0 Å². The Hall–Kier alpha value is -2.60. The molecule has 3 rings (SSSR count). The van der Waals surface area contributed by atoms with Crippen LogP contribution in [0.25, 0.3) is 16.9 Å². The van der Waals surface area contributed by atoms with Gasteiger partial charge in [-0.05, 0) is 24.6 Å². The Morgan fingerprint density at radius 3 is 2.79 bits per heavy atom. The summed E-state index contributed by atoms with van der Waals surface area (Å²) in [7, 11) is 0. The molecule has 0 unspecified atom stereocenters. The monoisotopic (exact) mass is 344 g/mol. The van der Waals surface area contributed by atoms with E-state index in [1.54, 1.807) is 35.2 Å². The molecule has 0 saturated heterocycles. The average molecular weight is 345 g/mol. The molecule has 0 saturated carbocycles. The number of halogens is 1. The first kappa shape index (κ1) is 16.3. The van der Waals surface area contributed by atoms with Crippen LogP contribution in [0.15, 0.2) is 52.8 Å². The number of benzene rings is 1. The Labute approximate surface area is 143 Å². The Morgan fingerprint density at radius 2 is 2.12 bits per heavy atom. The van der Waals surface area contributed by atoms with E-state index in [9.17, 15) is 9.59 Å². The summed E-state index contributed by atoms with van der Waals surface area (Å²) >= 11 is 6.06. The van der Waals surface area contributed by atoms with Crippen LogP contribution in [0.2, 0.25) is 5.02 Å². The number of hydrogen-bond acceptors (Lipinski definition) is 3. The van der Waals surface area contributed by atoms with Crippen LogP contribution < -0.4 is 11.2 Å². The summed E-state index contributed by atoms with van der Waals surface area (Å²) in [5, 5.41) is 0.502. The van der Waals surface area contributed by atoms with Crippen LogP contribution in [0.5, 0.6) is 0 Å². The van der Waals surface area contributed by atoms with E-state index in [0.29, 0.717) is 28.4 Å². The molecule has 0 radical (unpaired) electrons. The van der Waals surface area contributed by atoms with Crippen LogP contribution in [-0.4, -0.2) is 18.7 Å². The van der Waals surface area contributed by atoms with Crippen molar-refractivity contribution in [2.45, 2.75) is 26.4 Å². The lowest BCUT2D eigenvalue weighted by atomic mass is 10.3. The summed E-state index contributed by atoms with van der Waals surface area (Å²) in [6.45, 7) is 6.42. The van der Waals surface area contributed by atoms with E-state index in [1.807, 2.05) is 6.92 Å². The molecule has 2 aromatic heterocycles. The largest absolute Gasteiger partial charge is 0.337 e. The van der Waals surface area contributed by atoms with Gasteiger partial charge in [0, 0.05) is 18.1 Å². The summed E-state index contributed by atoms with van der Waals surface area (Å²) in [5.41, 5.74) is 0.479. The third-order valence-electron chi connectivity index (χ3n) is 3.74. The molecule has 0 bridgehead atoms. The average Bonchev–Trinajstić information content (AvgIpc) is 2.96. The van der Waals surface area contributed by atoms with Crippen LogP contribution >= 0.6 is 11.6 Å². The fraction of sp³-hybridized carbons (Fsp3) is 0.235. The van der Waals surface area contributed by atoms with Gasteiger partial charge in [0.25, 0.3) is 5.56 Å². The highest BCUT2D eigenvalue weighted by molar-refractivity contribution is 6.30. The Kier molecular flexibility index (Phi) is 4.40. The highest BCUT2D eigenvalue weighted by atomic mass is 35.5. The molecule has 0 aliphatic carbocycles. The molecule has 3 aromatic rings. The minimum atomic E-state index is -0.462. The number of hydrogen-bond donors (Lipinski definition) is 0. The first-order chi connectivity index (χ1) is 11.6. The Bertz CT molecular complexity index is 1030. The molecule has 0 fully saturated rings. The van der Waals surface area contributed by atoms with Gasteiger partial charge in [-0.3, -0.25) is 9.36 Å². The van der Waals surface area contributed by atoms with Crippen LogP contribution in [-0.2, 0) is 13.1 Å². The van der Waals surface area contributed by atoms with Gasteiger partial charge in [-0.25, -0.2) is 14.3 Å². The molecule has 2 heterocycles. The minimum absolute atomic E-state index is 0.130. The summed E-state index contributed by atoms with van der Waals surface area (Å²) < 4.78 is 4.35. The maximum absolute atomic E-state index is 12.9. The third kappa shape index (κ3) is 2.59. The number of nitrogens with zero attached hydrogens (tertiary/aromatic N) is 4. The first-order valence-electron chi connectivity index (χ1n) is 7.66. The fourth-order valence-electron chi connectivity index (χ4n) is 2.73. The SMILES string of the molecule is C=CCn1c(=O)c2c(ncn2CCC)n(-c2cccc(Cl)c2)c1=O. The number of aromatic nitrogens is 4. The molecule has 124 valence electrons. The summed E-state index contributed by atoms with van der Waals surface area (Å²) in [6.07, 6.45) is 3.97. The lowest BCUT2D eigenvalue weighted by Crippen LogP contribution is -2.39. The van der Waals surface area contributed by atoms with E-state index in [-0.39, 0.29) is 12.1 Å². The van der Waals surface area contributed by atoms with Crippen molar-refractivity contribution in [1.29, 1.82) is 0 Å². The van der Waals surface area contributed by atoms with Gasteiger partial charge in [-0.2, -0.15) is 0 Å². The molecule has 7 heteroatoms. The molecule has 0 spiro atoms. The zero-order valence-corrected chi connectivity index (χ0v) is 14.0. The van der Waals surface area contributed by atoms with Crippen molar-refractivity contribution in [3.63, 3.8) is 0 Å². The summed E-state index contributed by atoms with van der Waals surface area (Å²) in [4.78, 5) is 29.9. The quantitative estimate of drug-likeness (QED) is 0.668. The van der Waals surface area contributed by atoms with Crippen molar-refractivity contribution in [3.8, 4) is 5.69 Å². The van der Waals surface area contributed by atoms with Crippen molar-refractivity contribution < 1.29 is 0 Å². The zero-order chi connectivity index (χ0) is 17.3. The molecular formula is C17H17ClN4O2. The summed E-state index contributed by atoms with van der Waals surface area (Å²) in [5.74, 6) is 0. The van der Waals surface area contributed by atoms with Crippen LogP contribution in [0.3, 0.4) is 0 Å². The first-order valence-corrected chi connectivity index (χ1v) is 8.03. The van der Waals surface area contributed by atoms with Crippen molar-refractivity contribution in [3.05, 3.63) is 69.1 Å². The molecular weight excluding hydrogens is 328 g/mol. The van der Waals surface area contributed by atoms with Crippen molar-refractivity contribution in [1.82, 2.24) is 18.7 Å². The van der Waals surface area contributed by atoms with E-state index in [4.69, 9.17) is 11.6 Å². The highest BCUT2D eigenvalue weighted by Crippen LogP contribution is 2.17. The molecule has 0 aliphatic rings. The van der Waals surface area contributed by atoms with Crippen LogP contribution in [0.4, 0.5) is 0 Å². The predicted octanol–water partition coefficient (Wildman–Crippen LogP) is 2.60. The van der Waals surface area contributed by atoms with Crippen LogP contribution in [0.1, 0.15) is 13.3 Å². The maximum atomic E-state index is 12.9. The molecule has 0 atom stereocenters. The van der Waals surface area contributed by atoms with Gasteiger partial charge in [-0.15, -0.1) is 6.58 Å². The number of fused-ring (bicyclic) bond motifs is 1. The lowest BCUT2D eigenvalue weighted by Gasteiger charge is -2.11. The normalized spacial score (nSPS) is 11.1. The molecule has 1 aromatic carbocycles. The lowest BCUT2D eigenvalue weighted by molar-refractivity contribution is 0.669. The van der Waals surface area contributed by atoms with Gasteiger partial charge < -0.3 is 4.57 Å². The fourth-order valence-corrected chi connectivity index (χ4v) is 2.91. The molecule has 0 amide bonds. The highest BCUT2D eigenvalue weighted by Gasteiger charge is 2.18. The third-order valence-corrected chi connectivity index (χ3v) is 3.98. The Balaban J connectivity index is 2.46. The van der Waals surface area contributed by atoms with E-state index in [2.05, 4.69) is 11.6 Å². The van der Waals surface area contributed by atoms with E-state index >= 15 is 0 Å². The Morgan fingerprint density at radius 1 is 1.33 bits per heavy atom. The van der Waals surface area contributed by atoms with Gasteiger partial charge >= 0.3 is 5.69 Å². The standard InChI is InChI=1S/C17H17ClN4O2/c1-3-8-20-11-19-15-14(20)16(23)21(9-4-2)17(24)22(15)13-7-5-6-12(18)10-13/h4-7,10-11H,2-3,8-9H2,1H3. The summed E-state index contributed by atoms with van der Waals surface area (Å²) in [6, 6.07) is 6.91. The smallest absolute Gasteiger partial charge is 0.325 e. The second-order valence-corrected chi connectivity index (χ2v) is 5.85. The van der Waals surface area contributed by atoms with E-state index < -0.39 is 5.69 Å². The number of aryl methyl sites for hydroxylation is 1. The van der Waals surface area contributed by atoms with Crippen LogP contribution in [0, 0.1) is 0 Å². The second-order valence-electron chi connectivity index (χ2n) is 5.41. The maximum Gasteiger partial charge on any atom is 0.337 e. The van der Waals surface area contributed by atoms with Crippen molar-refractivity contribution in [2.24, 2.45) is 0 Å². The topological polar surface area (TPSA) is 61.8 Å². The van der Waals surface area contributed by atoms with E-state index in [1.165, 1.54) is 10.6 Å². The molecule has 24 heavy (non-hydrogen) atoms. The van der Waals surface area contributed by atoms with Crippen molar-refractivity contribution in [2.75, 3.05) is 0 Å². The molecule has 6 nitrogen and oxygen atoms in total. The second kappa shape index (κ2) is 6.49. The minimum Gasteiger partial charge on any atom is -0.325 e. The van der Waals surface area contributed by atoms with Gasteiger partial charge in [0.15, 0.2) is 11.2 Å². The predicted molar refractivity (Wildman–Crippen MR) is 95.1 cm³/mol. The van der Waals surface area contributed by atoms with Gasteiger partial charge in [-0.1, -0.05) is 30.7 Å². The number of allylic oxidation sites excluding steroid dienone is 1. The molecule has 0 N–H and O–H groups in total.